The van der Waals surface area contributed by atoms with Gasteiger partial charge < -0.3 is 14.4 Å². The van der Waals surface area contributed by atoms with Crippen LogP contribution in [0.5, 0.6) is 11.5 Å². The van der Waals surface area contributed by atoms with Crippen LogP contribution in [0.25, 0.3) is 0 Å². The third-order valence-corrected chi connectivity index (χ3v) is 4.36. The van der Waals surface area contributed by atoms with Crippen molar-refractivity contribution in [2.24, 2.45) is 5.10 Å². The highest BCUT2D eigenvalue weighted by atomic mass is 16.5. The van der Waals surface area contributed by atoms with E-state index in [0.717, 1.165) is 18.7 Å². The van der Waals surface area contributed by atoms with E-state index in [9.17, 15) is 4.79 Å². The molecule has 2 N–H and O–H groups in total. The zero-order chi connectivity index (χ0) is 17.9. The van der Waals surface area contributed by atoms with Gasteiger partial charge in [0.1, 0.15) is 0 Å². The molecule has 1 aliphatic heterocycles. The summed E-state index contributed by atoms with van der Waals surface area (Å²) in [4.78, 5) is 13.4. The summed E-state index contributed by atoms with van der Waals surface area (Å²) in [6, 6.07) is 5.56. The molecule has 0 atom stereocenters. The maximum absolute atomic E-state index is 12.1. The monoisotopic (exact) mass is 348 g/mol. The second kappa shape index (κ2) is 10.7. The Kier molecular flexibility index (Phi) is 8.25. The first kappa shape index (κ1) is 19.2. The van der Waals surface area contributed by atoms with Crippen LogP contribution in [-0.4, -0.2) is 45.5 Å². The van der Waals surface area contributed by atoms with Crippen LogP contribution in [-0.2, 0) is 4.79 Å². The second-order valence-corrected chi connectivity index (χ2v) is 6.33. The quantitative estimate of drug-likeness (QED) is 0.578. The smallest absolute Gasteiger partial charge is 0.295 e. The van der Waals surface area contributed by atoms with Gasteiger partial charge in [-0.1, -0.05) is 6.42 Å². The Balaban J connectivity index is 1.84. The first-order chi connectivity index (χ1) is 12.2. The predicted molar refractivity (Wildman–Crippen MR) is 98.5 cm³/mol. The Morgan fingerprint density at radius 3 is 2.60 bits per heavy atom. The van der Waals surface area contributed by atoms with Crippen LogP contribution < -0.4 is 19.8 Å². The zero-order valence-electron chi connectivity index (χ0n) is 15.3. The van der Waals surface area contributed by atoms with E-state index in [4.69, 9.17) is 9.47 Å². The Morgan fingerprint density at radius 1 is 1.20 bits per heavy atom. The molecule has 0 bridgehead atoms. The number of methoxy groups -OCH3 is 1. The van der Waals surface area contributed by atoms with Crippen LogP contribution in [0.1, 0.15) is 44.6 Å². The van der Waals surface area contributed by atoms with E-state index in [0.29, 0.717) is 24.7 Å². The normalized spacial score (nSPS) is 16.2. The maximum atomic E-state index is 12.1. The van der Waals surface area contributed by atoms with Crippen molar-refractivity contribution in [3.63, 3.8) is 0 Å². The third kappa shape index (κ3) is 6.74. The summed E-state index contributed by atoms with van der Waals surface area (Å²) in [5.41, 5.74) is 3.48. The first-order valence-electron chi connectivity index (χ1n) is 9.19. The molecule has 0 radical (unpaired) electrons. The fourth-order valence-corrected chi connectivity index (χ4v) is 3.07. The average Bonchev–Trinajstić information content (AvgIpc) is 2.58. The molecular formula is C19H30N3O3+. The number of nitrogens with one attached hydrogen (secondary N) is 2. The lowest BCUT2D eigenvalue weighted by Crippen LogP contribution is -3.13. The molecule has 1 saturated heterocycles. The van der Waals surface area contributed by atoms with E-state index in [-0.39, 0.29) is 5.91 Å². The summed E-state index contributed by atoms with van der Waals surface area (Å²) in [6.07, 6.45) is 7.93. The highest BCUT2D eigenvalue weighted by molar-refractivity contribution is 5.83. The van der Waals surface area contributed by atoms with E-state index >= 15 is 0 Å². The van der Waals surface area contributed by atoms with Crippen molar-refractivity contribution >= 4 is 12.1 Å². The van der Waals surface area contributed by atoms with Gasteiger partial charge in [0.05, 0.1) is 33.0 Å². The number of nitrogens with zero attached hydrogens (tertiary/aromatic N) is 1. The SMILES string of the molecule is CCOc1cc(/C=N\NC(=O)C[NH+]2CCCCCCC2)ccc1OC. The largest absolute Gasteiger partial charge is 0.493 e. The number of ether oxygens (including phenoxy) is 2. The fourth-order valence-electron chi connectivity index (χ4n) is 3.07. The highest BCUT2D eigenvalue weighted by Gasteiger charge is 2.15. The topological polar surface area (TPSA) is 64.4 Å². The van der Waals surface area contributed by atoms with Crippen molar-refractivity contribution in [1.82, 2.24) is 5.43 Å². The molecule has 6 heteroatoms. The van der Waals surface area contributed by atoms with Gasteiger partial charge in [0.15, 0.2) is 18.0 Å². The standard InChI is InChI=1S/C19H29N3O3/c1-3-25-18-13-16(9-10-17(18)24-2)14-20-21-19(23)15-22-11-7-5-4-6-8-12-22/h9-10,13-14H,3-8,11-12,15H2,1-2H3,(H,21,23)/p+1/b20-14-. The Labute approximate surface area is 150 Å². The molecular weight excluding hydrogens is 318 g/mol. The van der Waals surface area contributed by atoms with Crippen molar-refractivity contribution in [2.45, 2.75) is 39.0 Å². The average molecular weight is 348 g/mol. The van der Waals surface area contributed by atoms with E-state index in [1.807, 2.05) is 25.1 Å². The number of hydrogen-bond donors (Lipinski definition) is 2. The first-order valence-corrected chi connectivity index (χ1v) is 9.19. The molecule has 1 fully saturated rings. The van der Waals surface area contributed by atoms with Gasteiger partial charge in [-0.3, -0.25) is 4.79 Å². The van der Waals surface area contributed by atoms with Crippen LogP contribution in [0.3, 0.4) is 0 Å². The number of rotatable bonds is 7. The third-order valence-electron chi connectivity index (χ3n) is 4.36. The van der Waals surface area contributed by atoms with Gasteiger partial charge in [0.25, 0.3) is 5.91 Å². The molecule has 0 unspecified atom stereocenters. The lowest BCUT2D eigenvalue weighted by atomic mass is 10.1. The molecule has 6 nitrogen and oxygen atoms in total. The van der Waals surface area contributed by atoms with Gasteiger partial charge in [-0.2, -0.15) is 5.10 Å². The number of hydrogen-bond acceptors (Lipinski definition) is 4. The van der Waals surface area contributed by atoms with Crippen LogP contribution >= 0.6 is 0 Å². The van der Waals surface area contributed by atoms with Crippen LogP contribution in [0.15, 0.2) is 23.3 Å². The van der Waals surface area contributed by atoms with Crippen molar-refractivity contribution in [3.8, 4) is 11.5 Å². The minimum absolute atomic E-state index is 0.0367. The Hall–Kier alpha value is -2.08. The van der Waals surface area contributed by atoms with E-state index in [1.165, 1.54) is 37.0 Å². The molecule has 0 saturated carbocycles. The summed E-state index contributed by atoms with van der Waals surface area (Å²) >= 11 is 0. The van der Waals surface area contributed by atoms with Gasteiger partial charge in [0.2, 0.25) is 0 Å². The van der Waals surface area contributed by atoms with E-state index in [2.05, 4.69) is 10.5 Å². The van der Waals surface area contributed by atoms with Crippen LogP contribution in [0.2, 0.25) is 0 Å². The second-order valence-electron chi connectivity index (χ2n) is 6.33. The maximum Gasteiger partial charge on any atom is 0.295 e. The Bertz CT molecular complexity index is 567. The number of carbonyl (C=O) groups excluding carboxylic acids is 1. The molecule has 1 aliphatic rings. The number of quaternary nitrogens is 1. The molecule has 1 aromatic carbocycles. The van der Waals surface area contributed by atoms with Crippen molar-refractivity contribution in [1.29, 1.82) is 0 Å². The molecule has 2 rings (SSSR count). The van der Waals surface area contributed by atoms with Crippen molar-refractivity contribution in [2.75, 3.05) is 33.4 Å². The van der Waals surface area contributed by atoms with Gasteiger partial charge in [-0.15, -0.1) is 0 Å². The molecule has 25 heavy (non-hydrogen) atoms. The van der Waals surface area contributed by atoms with Crippen LogP contribution in [0, 0.1) is 0 Å². The number of carbonyl (C=O) groups is 1. The number of likely N-dealkylation sites (tertiary alicyclic amines) is 1. The van der Waals surface area contributed by atoms with Crippen molar-refractivity contribution < 1.29 is 19.2 Å². The van der Waals surface area contributed by atoms with Crippen LogP contribution in [0.4, 0.5) is 0 Å². The molecule has 1 aromatic rings. The molecule has 1 heterocycles. The summed E-state index contributed by atoms with van der Waals surface area (Å²) < 4.78 is 10.8. The van der Waals surface area contributed by atoms with Gasteiger partial charge >= 0.3 is 0 Å². The lowest BCUT2D eigenvalue weighted by Gasteiger charge is -2.20. The number of hydrazone groups is 1. The predicted octanol–water partition coefficient (Wildman–Crippen LogP) is 1.39. The summed E-state index contributed by atoms with van der Waals surface area (Å²) in [5, 5.41) is 4.07. The van der Waals surface area contributed by atoms with E-state index in [1.54, 1.807) is 13.3 Å². The van der Waals surface area contributed by atoms with Crippen molar-refractivity contribution in [3.05, 3.63) is 23.8 Å². The molecule has 1 amide bonds. The zero-order valence-corrected chi connectivity index (χ0v) is 15.3. The van der Waals surface area contributed by atoms with E-state index < -0.39 is 0 Å². The number of amides is 1. The lowest BCUT2D eigenvalue weighted by molar-refractivity contribution is -0.893. The summed E-state index contributed by atoms with van der Waals surface area (Å²) in [7, 11) is 1.61. The molecule has 0 aliphatic carbocycles. The minimum atomic E-state index is -0.0367. The van der Waals surface area contributed by atoms with Gasteiger partial charge in [-0.25, -0.2) is 5.43 Å². The molecule has 0 spiro atoms. The van der Waals surface area contributed by atoms with Gasteiger partial charge in [-0.05, 0) is 56.4 Å². The molecule has 138 valence electrons. The summed E-state index contributed by atoms with van der Waals surface area (Å²) in [5.74, 6) is 1.32. The highest BCUT2D eigenvalue weighted by Crippen LogP contribution is 2.27. The fraction of sp³-hybridized carbons (Fsp3) is 0.579. The minimum Gasteiger partial charge on any atom is -0.493 e. The molecule has 0 aromatic heterocycles. The summed E-state index contributed by atoms with van der Waals surface area (Å²) in [6.45, 7) is 5.13. The van der Waals surface area contributed by atoms with Gasteiger partial charge in [0, 0.05) is 0 Å². The Morgan fingerprint density at radius 2 is 1.92 bits per heavy atom. The number of benzene rings is 1.